The van der Waals surface area contributed by atoms with Crippen molar-refractivity contribution in [2.75, 3.05) is 0 Å². The summed E-state index contributed by atoms with van der Waals surface area (Å²) >= 11 is 0. The Morgan fingerprint density at radius 3 is 1.65 bits per heavy atom. The molecule has 0 aromatic carbocycles. The molecule has 2 heterocycles. The molecule has 1 fully saturated rings. The van der Waals surface area contributed by atoms with Crippen molar-refractivity contribution in [2.24, 2.45) is 0 Å². The Morgan fingerprint density at radius 1 is 0.674 bits per heavy atom. The number of rotatable bonds is 28. The third-order valence-corrected chi connectivity index (χ3v) is 9.75. The molecule has 0 aliphatic carbocycles. The fourth-order valence-corrected chi connectivity index (χ4v) is 6.80. The molecule has 9 nitrogen and oxygen atoms in total. The van der Waals surface area contributed by atoms with Gasteiger partial charge in [0.15, 0.2) is 0 Å². The molecule has 270 valence electrons. The van der Waals surface area contributed by atoms with Crippen LogP contribution in [0.15, 0.2) is 11.6 Å². The van der Waals surface area contributed by atoms with Crippen LogP contribution in [0.1, 0.15) is 168 Å². The van der Waals surface area contributed by atoms with Gasteiger partial charge in [-0.05, 0) is 51.0 Å². The summed E-state index contributed by atoms with van der Waals surface area (Å²) in [5.74, 6) is -2.12. The van der Waals surface area contributed by atoms with E-state index in [9.17, 15) is 35.4 Å². The van der Waals surface area contributed by atoms with Crippen LogP contribution in [-0.4, -0.2) is 85.1 Å². The van der Waals surface area contributed by atoms with Gasteiger partial charge in [-0.2, -0.15) is 0 Å². The van der Waals surface area contributed by atoms with Crippen LogP contribution < -0.4 is 0 Å². The largest absolute Gasteiger partial charge is 0.426 e. The van der Waals surface area contributed by atoms with Gasteiger partial charge in [0.1, 0.15) is 0 Å². The third-order valence-electron chi connectivity index (χ3n) is 9.75. The predicted octanol–water partition coefficient (Wildman–Crippen LogP) is 6.13. The van der Waals surface area contributed by atoms with Crippen LogP contribution >= 0.6 is 0 Å². The van der Waals surface area contributed by atoms with E-state index in [0.29, 0.717) is 44.1 Å². The fourth-order valence-electron chi connectivity index (χ4n) is 6.80. The Bertz CT molecular complexity index is 832. The van der Waals surface area contributed by atoms with E-state index in [1.165, 1.54) is 51.5 Å². The highest BCUT2D eigenvalue weighted by Gasteiger charge is 2.35. The molecule has 0 saturated carbocycles. The van der Waals surface area contributed by atoms with Crippen LogP contribution in [0, 0.1) is 0 Å². The molecule has 0 aromatic heterocycles. The van der Waals surface area contributed by atoms with Gasteiger partial charge >= 0.3 is 5.97 Å². The second-order valence-corrected chi connectivity index (χ2v) is 14.3. The lowest BCUT2D eigenvalue weighted by Gasteiger charge is -2.24. The van der Waals surface area contributed by atoms with Crippen LogP contribution in [0.5, 0.6) is 0 Å². The molecule has 6 N–H and O–H groups in total. The minimum absolute atomic E-state index is 0.211. The molecule has 9 heteroatoms. The Kier molecular flexibility index (Phi) is 20.8. The van der Waals surface area contributed by atoms with E-state index < -0.39 is 42.3 Å². The number of unbranched alkanes of at least 4 members (excludes halogenated alkanes) is 14. The molecule has 2 aliphatic heterocycles. The molecular formula is C37H68O9. The minimum atomic E-state index is -1.56. The highest BCUT2D eigenvalue weighted by Crippen LogP contribution is 2.29. The van der Waals surface area contributed by atoms with Crippen molar-refractivity contribution in [1.82, 2.24) is 0 Å². The predicted molar refractivity (Wildman–Crippen MR) is 180 cm³/mol. The molecule has 0 bridgehead atoms. The number of esters is 1. The lowest BCUT2D eigenvalue weighted by atomic mass is 9.97. The summed E-state index contributed by atoms with van der Waals surface area (Å²) in [5, 5.41) is 61.9. The maximum absolute atomic E-state index is 11.7. The van der Waals surface area contributed by atoms with E-state index in [-0.39, 0.29) is 18.6 Å². The van der Waals surface area contributed by atoms with Crippen molar-refractivity contribution in [2.45, 2.75) is 216 Å². The number of hydrogen-bond donors (Lipinski definition) is 6. The lowest BCUT2D eigenvalue weighted by Crippen LogP contribution is -2.33. The number of aliphatic hydroxyl groups is 6. The van der Waals surface area contributed by atoms with E-state index in [2.05, 4.69) is 6.92 Å². The summed E-state index contributed by atoms with van der Waals surface area (Å²) in [4.78, 5) is 11.7. The van der Waals surface area contributed by atoms with Crippen molar-refractivity contribution in [3.05, 3.63) is 11.6 Å². The van der Waals surface area contributed by atoms with Gasteiger partial charge in [-0.3, -0.25) is 0 Å². The molecule has 0 radical (unpaired) electrons. The van der Waals surface area contributed by atoms with Gasteiger partial charge in [0, 0.05) is 18.9 Å². The standard InChI is InChI=1S/C37H68O9/c1-3-4-5-6-7-11-14-17-20-30(39)31(40)22-23-33(42)35-25-24-34(45-35)32(41)21-18-15-12-9-8-10-13-16-19-29(38)26-28-27-37(2,44)46-36(28)43/h27,29-35,38-42,44H,3-26H2,1-2H3/t29?,30-,31+,32+,33-,34+,35-,37?/m1/s1. The van der Waals surface area contributed by atoms with Crippen LogP contribution in [0.4, 0.5) is 0 Å². The van der Waals surface area contributed by atoms with Gasteiger partial charge < -0.3 is 40.1 Å². The summed E-state index contributed by atoms with van der Waals surface area (Å²) in [6.07, 6.45) is 19.6. The summed E-state index contributed by atoms with van der Waals surface area (Å²) in [6.45, 7) is 3.62. The number of carbonyl (C=O) groups excluding carboxylic acids is 1. The molecule has 8 atom stereocenters. The quantitative estimate of drug-likeness (QED) is 0.0431. The number of ether oxygens (including phenoxy) is 2. The van der Waals surface area contributed by atoms with Crippen molar-refractivity contribution in [3.8, 4) is 0 Å². The lowest BCUT2D eigenvalue weighted by molar-refractivity contribution is -0.173. The molecule has 46 heavy (non-hydrogen) atoms. The topological polar surface area (TPSA) is 157 Å². The van der Waals surface area contributed by atoms with E-state index >= 15 is 0 Å². The number of cyclic esters (lactones) is 1. The molecule has 2 aliphatic rings. The van der Waals surface area contributed by atoms with E-state index in [1.807, 2.05) is 0 Å². The van der Waals surface area contributed by atoms with Crippen molar-refractivity contribution >= 4 is 5.97 Å². The number of hydrogen-bond acceptors (Lipinski definition) is 9. The Balaban J connectivity index is 1.43. The average molecular weight is 657 g/mol. The normalized spacial score (nSPS) is 24.9. The molecular weight excluding hydrogens is 588 g/mol. The van der Waals surface area contributed by atoms with Crippen molar-refractivity contribution in [3.63, 3.8) is 0 Å². The van der Waals surface area contributed by atoms with Gasteiger partial charge in [-0.25, -0.2) is 4.79 Å². The molecule has 0 spiro atoms. The first-order valence-electron chi connectivity index (χ1n) is 18.8. The van der Waals surface area contributed by atoms with Gasteiger partial charge in [-0.1, -0.05) is 110 Å². The zero-order valence-corrected chi connectivity index (χ0v) is 29.0. The summed E-state index contributed by atoms with van der Waals surface area (Å²) in [6, 6.07) is 0. The highest BCUT2D eigenvalue weighted by atomic mass is 16.7. The van der Waals surface area contributed by atoms with Gasteiger partial charge in [0.05, 0.1) is 42.7 Å². The van der Waals surface area contributed by atoms with Crippen molar-refractivity contribution < 1.29 is 44.9 Å². The summed E-state index contributed by atoms with van der Waals surface area (Å²) in [7, 11) is 0. The second-order valence-electron chi connectivity index (χ2n) is 14.3. The summed E-state index contributed by atoms with van der Waals surface area (Å²) < 4.78 is 10.8. The van der Waals surface area contributed by atoms with E-state index in [1.54, 1.807) is 0 Å². The zero-order valence-electron chi connectivity index (χ0n) is 29.0. The van der Waals surface area contributed by atoms with Crippen LogP contribution in [0.3, 0.4) is 0 Å². The van der Waals surface area contributed by atoms with Crippen LogP contribution in [-0.2, 0) is 14.3 Å². The minimum Gasteiger partial charge on any atom is -0.426 e. The number of carbonyl (C=O) groups is 1. The Hall–Kier alpha value is -1.07. The monoisotopic (exact) mass is 656 g/mol. The Morgan fingerprint density at radius 2 is 1.13 bits per heavy atom. The van der Waals surface area contributed by atoms with E-state index in [4.69, 9.17) is 9.47 Å². The Labute approximate surface area is 278 Å². The maximum Gasteiger partial charge on any atom is 0.336 e. The first-order valence-corrected chi connectivity index (χ1v) is 18.8. The molecule has 2 unspecified atom stereocenters. The van der Waals surface area contributed by atoms with Gasteiger partial charge in [-0.15, -0.1) is 0 Å². The van der Waals surface area contributed by atoms with E-state index in [0.717, 1.165) is 70.6 Å². The highest BCUT2D eigenvalue weighted by molar-refractivity contribution is 5.91. The third kappa shape index (κ3) is 17.4. The zero-order chi connectivity index (χ0) is 33.8. The first-order chi connectivity index (χ1) is 22.0. The van der Waals surface area contributed by atoms with Crippen molar-refractivity contribution in [1.29, 1.82) is 0 Å². The molecule has 0 amide bonds. The summed E-state index contributed by atoms with van der Waals surface area (Å²) in [5.41, 5.74) is 0.340. The fraction of sp³-hybridized carbons (Fsp3) is 0.919. The molecule has 0 aromatic rings. The van der Waals surface area contributed by atoms with Crippen LogP contribution in [0.25, 0.3) is 0 Å². The maximum atomic E-state index is 11.7. The number of aliphatic hydroxyl groups excluding tert-OH is 5. The van der Waals surface area contributed by atoms with Gasteiger partial charge in [0.25, 0.3) is 0 Å². The average Bonchev–Trinajstić information content (AvgIpc) is 3.61. The molecule has 1 saturated heterocycles. The smallest absolute Gasteiger partial charge is 0.336 e. The van der Waals surface area contributed by atoms with Gasteiger partial charge in [0.2, 0.25) is 5.79 Å². The molecule has 2 rings (SSSR count). The van der Waals surface area contributed by atoms with Crippen LogP contribution in [0.2, 0.25) is 0 Å². The first kappa shape index (κ1) is 41.1. The second kappa shape index (κ2) is 23.3. The SMILES string of the molecule is CCCCCCCCCC[C@@H](O)[C@@H](O)CC[C@@H](O)[C@H]1CC[C@@H]([C@@H](O)CCCCCCCCCCC(O)CC2=CC(C)(O)OC2=O)O1.